The van der Waals surface area contributed by atoms with Crippen LogP contribution in [0.5, 0.6) is 0 Å². The summed E-state index contributed by atoms with van der Waals surface area (Å²) in [5, 5.41) is 3.62. The van der Waals surface area contributed by atoms with Crippen molar-refractivity contribution in [2.24, 2.45) is 5.92 Å². The fraction of sp³-hybridized carbons (Fsp3) is 0.647. The van der Waals surface area contributed by atoms with Crippen LogP contribution < -0.4 is 5.32 Å². The maximum absolute atomic E-state index is 13.6. The summed E-state index contributed by atoms with van der Waals surface area (Å²) in [4.78, 5) is 0. The maximum atomic E-state index is 13.6. The third kappa shape index (κ3) is 3.80. The van der Waals surface area contributed by atoms with Crippen LogP contribution in [0, 0.1) is 18.7 Å². The normalized spacial score (nSPS) is 24.9. The molecule has 1 fully saturated rings. The Balaban J connectivity index is 1.96. The molecule has 1 N–H and O–H groups in total. The van der Waals surface area contributed by atoms with E-state index in [9.17, 15) is 4.39 Å². The number of aryl methyl sites for hydroxylation is 1. The van der Waals surface area contributed by atoms with Crippen molar-refractivity contribution < 1.29 is 9.13 Å². The van der Waals surface area contributed by atoms with E-state index in [0.717, 1.165) is 25.0 Å². The number of rotatable bonds is 4. The minimum atomic E-state index is -0.122. The van der Waals surface area contributed by atoms with Gasteiger partial charge in [0.1, 0.15) is 5.82 Å². The highest BCUT2D eigenvalue weighted by Gasteiger charge is 2.25. The molecule has 3 heteroatoms. The molecule has 20 heavy (non-hydrogen) atoms. The second kappa shape index (κ2) is 6.68. The van der Waals surface area contributed by atoms with Gasteiger partial charge < -0.3 is 10.1 Å². The smallest absolute Gasteiger partial charge is 0.126 e. The van der Waals surface area contributed by atoms with E-state index >= 15 is 0 Å². The summed E-state index contributed by atoms with van der Waals surface area (Å²) in [6.45, 7) is 9.11. The van der Waals surface area contributed by atoms with Gasteiger partial charge in [0, 0.05) is 18.7 Å². The Kier molecular flexibility index (Phi) is 5.17. The number of hydrogen-bond acceptors (Lipinski definition) is 2. The molecule has 0 radical (unpaired) electrons. The number of nitrogens with one attached hydrogen (secondary N) is 1. The van der Waals surface area contributed by atoms with Gasteiger partial charge in [0.05, 0.1) is 6.10 Å². The molecule has 3 unspecified atom stereocenters. The van der Waals surface area contributed by atoms with Crippen LogP contribution in [0.3, 0.4) is 0 Å². The van der Waals surface area contributed by atoms with Crippen LogP contribution in [0.4, 0.5) is 4.39 Å². The molecule has 0 aromatic heterocycles. The molecule has 0 aliphatic carbocycles. The van der Waals surface area contributed by atoms with Crippen molar-refractivity contribution in [3.8, 4) is 0 Å². The van der Waals surface area contributed by atoms with E-state index in [4.69, 9.17) is 4.74 Å². The van der Waals surface area contributed by atoms with Gasteiger partial charge in [0.15, 0.2) is 0 Å². The highest BCUT2D eigenvalue weighted by Crippen LogP contribution is 2.23. The Bertz CT molecular complexity index is 447. The number of ether oxygens (including phenoxy) is 1. The molecule has 1 aromatic rings. The van der Waals surface area contributed by atoms with E-state index in [2.05, 4.69) is 26.1 Å². The third-order valence-corrected chi connectivity index (χ3v) is 4.24. The van der Waals surface area contributed by atoms with Crippen LogP contribution in [0.15, 0.2) is 18.2 Å². The third-order valence-electron chi connectivity index (χ3n) is 4.24. The molecular formula is C17H26FNO. The van der Waals surface area contributed by atoms with Gasteiger partial charge in [-0.2, -0.15) is 0 Å². The number of hydrogen-bond donors (Lipinski definition) is 1. The Labute approximate surface area is 121 Å². The Morgan fingerprint density at radius 1 is 1.30 bits per heavy atom. The van der Waals surface area contributed by atoms with Gasteiger partial charge >= 0.3 is 0 Å². The summed E-state index contributed by atoms with van der Waals surface area (Å²) in [5.74, 6) is 0.426. The lowest BCUT2D eigenvalue weighted by atomic mass is 9.94. The van der Waals surface area contributed by atoms with Gasteiger partial charge in [0.25, 0.3) is 0 Å². The van der Waals surface area contributed by atoms with Crippen molar-refractivity contribution in [2.45, 2.75) is 58.7 Å². The minimum Gasteiger partial charge on any atom is -0.378 e. The first-order chi connectivity index (χ1) is 9.47. The van der Waals surface area contributed by atoms with E-state index in [1.54, 1.807) is 13.0 Å². The average molecular weight is 279 g/mol. The summed E-state index contributed by atoms with van der Waals surface area (Å²) < 4.78 is 19.4. The highest BCUT2D eigenvalue weighted by atomic mass is 19.1. The van der Waals surface area contributed by atoms with E-state index in [0.29, 0.717) is 23.6 Å². The summed E-state index contributed by atoms with van der Waals surface area (Å²) in [6.07, 6.45) is 2.40. The molecular weight excluding hydrogens is 253 g/mol. The molecule has 0 bridgehead atoms. The molecule has 1 aromatic carbocycles. The van der Waals surface area contributed by atoms with Gasteiger partial charge in [-0.1, -0.05) is 26.0 Å². The van der Waals surface area contributed by atoms with Crippen LogP contribution in [-0.2, 0) is 4.74 Å². The van der Waals surface area contributed by atoms with Crippen molar-refractivity contribution in [1.29, 1.82) is 0 Å². The monoisotopic (exact) mass is 279 g/mol. The van der Waals surface area contributed by atoms with Crippen molar-refractivity contribution in [3.05, 3.63) is 35.1 Å². The molecule has 2 nitrogen and oxygen atoms in total. The topological polar surface area (TPSA) is 21.3 Å². The first-order valence-corrected chi connectivity index (χ1v) is 7.61. The molecule has 2 rings (SSSR count). The van der Waals surface area contributed by atoms with Crippen LogP contribution >= 0.6 is 0 Å². The molecule has 0 saturated carbocycles. The van der Waals surface area contributed by atoms with E-state index < -0.39 is 0 Å². The van der Waals surface area contributed by atoms with Crippen LogP contribution in [0.2, 0.25) is 0 Å². The fourth-order valence-electron chi connectivity index (χ4n) is 2.77. The van der Waals surface area contributed by atoms with Crippen molar-refractivity contribution >= 4 is 0 Å². The number of halogens is 1. The second-order valence-electron chi connectivity index (χ2n) is 6.27. The van der Waals surface area contributed by atoms with E-state index in [1.165, 1.54) is 0 Å². The lowest BCUT2D eigenvalue weighted by Crippen LogP contribution is -2.41. The van der Waals surface area contributed by atoms with Crippen molar-refractivity contribution in [2.75, 3.05) is 6.61 Å². The molecule has 1 saturated heterocycles. The molecule has 1 aliphatic rings. The van der Waals surface area contributed by atoms with Gasteiger partial charge in [-0.25, -0.2) is 4.39 Å². The van der Waals surface area contributed by atoms with Crippen molar-refractivity contribution in [1.82, 2.24) is 5.32 Å². The molecule has 112 valence electrons. The average Bonchev–Trinajstić information content (AvgIpc) is 2.42. The predicted octanol–water partition coefficient (Wildman–Crippen LogP) is 3.99. The number of benzene rings is 1. The highest BCUT2D eigenvalue weighted by molar-refractivity contribution is 5.25. The van der Waals surface area contributed by atoms with Crippen LogP contribution in [0.1, 0.15) is 50.8 Å². The lowest BCUT2D eigenvalue weighted by molar-refractivity contribution is -0.0257. The molecule has 1 heterocycles. The summed E-state index contributed by atoms with van der Waals surface area (Å²) in [6, 6.07) is 6.13. The van der Waals surface area contributed by atoms with E-state index in [-0.39, 0.29) is 11.9 Å². The quantitative estimate of drug-likeness (QED) is 0.900. The molecule has 1 aliphatic heterocycles. The first kappa shape index (κ1) is 15.5. The molecule has 3 atom stereocenters. The van der Waals surface area contributed by atoms with Crippen LogP contribution in [0.25, 0.3) is 0 Å². The lowest BCUT2D eigenvalue weighted by Gasteiger charge is -2.34. The van der Waals surface area contributed by atoms with Crippen molar-refractivity contribution in [3.63, 3.8) is 0 Å². The molecule has 0 spiro atoms. The Morgan fingerprint density at radius 2 is 2.05 bits per heavy atom. The van der Waals surface area contributed by atoms with E-state index in [1.807, 2.05) is 12.1 Å². The van der Waals surface area contributed by atoms with Gasteiger partial charge in [-0.15, -0.1) is 0 Å². The van der Waals surface area contributed by atoms with Gasteiger partial charge in [0.2, 0.25) is 0 Å². The SMILES string of the molecule is Cc1ccc(C(C)NC2CCOC(C(C)C)C2)cc1F. The predicted molar refractivity (Wildman–Crippen MR) is 80.3 cm³/mol. The largest absolute Gasteiger partial charge is 0.378 e. The zero-order chi connectivity index (χ0) is 14.7. The first-order valence-electron chi connectivity index (χ1n) is 7.61. The zero-order valence-corrected chi connectivity index (χ0v) is 12.9. The zero-order valence-electron chi connectivity index (χ0n) is 12.9. The van der Waals surface area contributed by atoms with Crippen LogP contribution in [-0.4, -0.2) is 18.8 Å². The van der Waals surface area contributed by atoms with Gasteiger partial charge in [-0.3, -0.25) is 0 Å². The summed E-state index contributed by atoms with van der Waals surface area (Å²) >= 11 is 0. The Morgan fingerprint density at radius 3 is 2.70 bits per heavy atom. The van der Waals surface area contributed by atoms with Gasteiger partial charge in [-0.05, 0) is 49.8 Å². The second-order valence-corrected chi connectivity index (χ2v) is 6.27. The summed E-state index contributed by atoms with van der Waals surface area (Å²) in [7, 11) is 0. The molecule has 0 amide bonds. The minimum absolute atomic E-state index is 0.122. The Hall–Kier alpha value is -0.930. The standard InChI is InChI=1S/C17H26FNO/c1-11(2)17-10-15(7-8-20-17)19-13(4)14-6-5-12(3)16(18)9-14/h5-6,9,11,13,15,17,19H,7-8,10H2,1-4H3. The fourth-order valence-corrected chi connectivity index (χ4v) is 2.77. The maximum Gasteiger partial charge on any atom is 0.126 e. The summed E-state index contributed by atoms with van der Waals surface area (Å²) in [5.41, 5.74) is 1.72.